The lowest BCUT2D eigenvalue weighted by molar-refractivity contribution is -0.137. The minimum absolute atomic E-state index is 0.259. The molecule has 2 rings (SSSR count). The standard InChI is InChI=1S/C12H11F3N2/c1-7(16)10-6-17(2)11-4-3-8(5-9(10)11)12(13,14)15/h3-6,16H,1-2H3. The number of benzene rings is 1. The first-order valence-corrected chi connectivity index (χ1v) is 5.02. The minimum atomic E-state index is -4.35. The predicted octanol–water partition coefficient (Wildman–Crippen LogP) is 3.58. The molecule has 17 heavy (non-hydrogen) atoms. The summed E-state index contributed by atoms with van der Waals surface area (Å²) in [6.45, 7) is 1.56. The summed E-state index contributed by atoms with van der Waals surface area (Å²) in [4.78, 5) is 0. The van der Waals surface area contributed by atoms with E-state index in [-0.39, 0.29) is 5.71 Å². The Morgan fingerprint density at radius 3 is 2.47 bits per heavy atom. The summed E-state index contributed by atoms with van der Waals surface area (Å²) in [5.74, 6) is 0. The van der Waals surface area contributed by atoms with Gasteiger partial charge in [0.05, 0.1) is 5.56 Å². The van der Waals surface area contributed by atoms with E-state index in [4.69, 9.17) is 5.41 Å². The SMILES string of the molecule is CC(=N)c1cn(C)c2ccc(C(F)(F)F)cc12. The van der Waals surface area contributed by atoms with Crippen LogP contribution in [0.15, 0.2) is 24.4 Å². The Kier molecular flexibility index (Phi) is 2.49. The zero-order chi connectivity index (χ0) is 12.8. The van der Waals surface area contributed by atoms with E-state index in [0.717, 1.165) is 12.1 Å². The normalized spacial score (nSPS) is 12.1. The topological polar surface area (TPSA) is 28.8 Å². The zero-order valence-corrected chi connectivity index (χ0v) is 9.39. The summed E-state index contributed by atoms with van der Waals surface area (Å²) < 4.78 is 39.5. The number of aromatic nitrogens is 1. The maximum absolute atomic E-state index is 12.6. The second kappa shape index (κ2) is 3.61. The summed E-state index contributed by atoms with van der Waals surface area (Å²) in [5.41, 5.74) is 0.807. The molecule has 0 radical (unpaired) electrons. The first-order chi connectivity index (χ1) is 7.80. The van der Waals surface area contributed by atoms with Gasteiger partial charge >= 0.3 is 6.18 Å². The number of hydrogen-bond acceptors (Lipinski definition) is 1. The third-order valence-electron chi connectivity index (χ3n) is 2.72. The number of fused-ring (bicyclic) bond motifs is 1. The van der Waals surface area contributed by atoms with Crippen molar-refractivity contribution in [2.45, 2.75) is 13.1 Å². The van der Waals surface area contributed by atoms with Gasteiger partial charge in [-0.2, -0.15) is 13.2 Å². The van der Waals surface area contributed by atoms with Crippen LogP contribution in [0.25, 0.3) is 10.9 Å². The molecule has 0 aliphatic carbocycles. The van der Waals surface area contributed by atoms with E-state index in [0.29, 0.717) is 16.5 Å². The molecule has 90 valence electrons. The Balaban J connectivity index is 2.75. The quantitative estimate of drug-likeness (QED) is 0.738. The molecule has 0 amide bonds. The molecule has 0 atom stereocenters. The van der Waals surface area contributed by atoms with Crippen LogP contribution < -0.4 is 0 Å². The van der Waals surface area contributed by atoms with Crippen LogP contribution in [-0.2, 0) is 13.2 Å². The van der Waals surface area contributed by atoms with Crippen LogP contribution in [0.2, 0.25) is 0 Å². The average molecular weight is 240 g/mol. The summed E-state index contributed by atoms with van der Waals surface area (Å²) in [7, 11) is 1.75. The molecule has 1 aromatic heterocycles. The highest BCUT2D eigenvalue weighted by Gasteiger charge is 2.30. The smallest absolute Gasteiger partial charge is 0.350 e. The highest BCUT2D eigenvalue weighted by Crippen LogP contribution is 2.32. The first kappa shape index (κ1) is 11.7. The van der Waals surface area contributed by atoms with E-state index in [1.807, 2.05) is 0 Å². The van der Waals surface area contributed by atoms with Crippen molar-refractivity contribution >= 4 is 16.6 Å². The fourth-order valence-corrected chi connectivity index (χ4v) is 1.87. The van der Waals surface area contributed by atoms with E-state index in [9.17, 15) is 13.2 Å². The van der Waals surface area contributed by atoms with Gasteiger partial charge in [-0.05, 0) is 25.1 Å². The molecule has 0 aliphatic heterocycles. The van der Waals surface area contributed by atoms with E-state index in [2.05, 4.69) is 0 Å². The Morgan fingerprint density at radius 1 is 1.29 bits per heavy atom. The Bertz CT molecular complexity index is 594. The Labute approximate surface area is 96.2 Å². The van der Waals surface area contributed by atoms with E-state index in [1.165, 1.54) is 6.07 Å². The number of nitrogens with one attached hydrogen (secondary N) is 1. The lowest BCUT2D eigenvalue weighted by Crippen LogP contribution is -2.04. The number of halogens is 3. The van der Waals surface area contributed by atoms with Crippen molar-refractivity contribution in [2.75, 3.05) is 0 Å². The van der Waals surface area contributed by atoms with Gasteiger partial charge < -0.3 is 9.98 Å². The molecule has 1 N–H and O–H groups in total. The van der Waals surface area contributed by atoms with Gasteiger partial charge in [-0.15, -0.1) is 0 Å². The molecule has 2 nitrogen and oxygen atoms in total. The molecule has 0 unspecified atom stereocenters. The monoisotopic (exact) mass is 240 g/mol. The number of hydrogen-bond donors (Lipinski definition) is 1. The van der Waals surface area contributed by atoms with E-state index >= 15 is 0 Å². The zero-order valence-electron chi connectivity index (χ0n) is 9.39. The fraction of sp³-hybridized carbons (Fsp3) is 0.250. The van der Waals surface area contributed by atoms with Crippen molar-refractivity contribution in [3.63, 3.8) is 0 Å². The van der Waals surface area contributed by atoms with Crippen molar-refractivity contribution in [3.8, 4) is 0 Å². The molecule has 0 aliphatic rings. The molecule has 1 aromatic carbocycles. The maximum Gasteiger partial charge on any atom is 0.416 e. The molecule has 0 spiro atoms. The lowest BCUT2D eigenvalue weighted by Gasteiger charge is -2.07. The van der Waals surface area contributed by atoms with Crippen molar-refractivity contribution in [3.05, 3.63) is 35.5 Å². The number of aryl methyl sites for hydroxylation is 1. The largest absolute Gasteiger partial charge is 0.416 e. The molecule has 0 saturated carbocycles. The highest BCUT2D eigenvalue weighted by atomic mass is 19.4. The molecule has 0 saturated heterocycles. The molecular weight excluding hydrogens is 229 g/mol. The van der Waals surface area contributed by atoms with Gasteiger partial charge in [0, 0.05) is 35.4 Å². The van der Waals surface area contributed by atoms with Crippen LogP contribution in [0.1, 0.15) is 18.1 Å². The van der Waals surface area contributed by atoms with Gasteiger partial charge in [0.25, 0.3) is 0 Å². The van der Waals surface area contributed by atoms with Crippen LogP contribution in [0.3, 0.4) is 0 Å². The van der Waals surface area contributed by atoms with Gasteiger partial charge in [0.1, 0.15) is 0 Å². The predicted molar refractivity (Wildman–Crippen MR) is 60.4 cm³/mol. The second-order valence-corrected chi connectivity index (χ2v) is 4.01. The average Bonchev–Trinajstić information content (AvgIpc) is 2.54. The summed E-state index contributed by atoms with van der Waals surface area (Å²) in [5, 5.41) is 8.03. The molecule has 0 fully saturated rings. The van der Waals surface area contributed by atoms with E-state index < -0.39 is 11.7 Å². The van der Waals surface area contributed by atoms with Crippen molar-refractivity contribution in [1.29, 1.82) is 5.41 Å². The van der Waals surface area contributed by atoms with Crippen molar-refractivity contribution in [1.82, 2.24) is 4.57 Å². The van der Waals surface area contributed by atoms with Crippen LogP contribution >= 0.6 is 0 Å². The van der Waals surface area contributed by atoms with Gasteiger partial charge in [-0.1, -0.05) is 0 Å². The Hall–Kier alpha value is -1.78. The third kappa shape index (κ3) is 1.92. The summed E-state index contributed by atoms with van der Waals surface area (Å²) in [6, 6.07) is 3.60. The molecule has 5 heteroatoms. The van der Waals surface area contributed by atoms with Crippen LogP contribution in [-0.4, -0.2) is 10.3 Å². The van der Waals surface area contributed by atoms with Gasteiger partial charge in [0.2, 0.25) is 0 Å². The second-order valence-electron chi connectivity index (χ2n) is 4.01. The Morgan fingerprint density at radius 2 is 1.94 bits per heavy atom. The number of nitrogens with zero attached hydrogens (tertiary/aromatic N) is 1. The third-order valence-corrected chi connectivity index (χ3v) is 2.72. The lowest BCUT2D eigenvalue weighted by atomic mass is 10.1. The molecule has 0 bridgehead atoms. The fourth-order valence-electron chi connectivity index (χ4n) is 1.87. The maximum atomic E-state index is 12.6. The summed E-state index contributed by atoms with van der Waals surface area (Å²) >= 11 is 0. The molecule has 1 heterocycles. The van der Waals surface area contributed by atoms with Gasteiger partial charge in [-0.25, -0.2) is 0 Å². The molecule has 2 aromatic rings. The van der Waals surface area contributed by atoms with Crippen molar-refractivity contribution in [2.24, 2.45) is 7.05 Å². The first-order valence-electron chi connectivity index (χ1n) is 5.02. The van der Waals surface area contributed by atoms with Crippen LogP contribution in [0, 0.1) is 5.41 Å². The minimum Gasteiger partial charge on any atom is -0.350 e. The highest BCUT2D eigenvalue weighted by molar-refractivity contribution is 6.08. The van der Waals surface area contributed by atoms with E-state index in [1.54, 1.807) is 24.7 Å². The number of alkyl halides is 3. The van der Waals surface area contributed by atoms with Crippen LogP contribution in [0.5, 0.6) is 0 Å². The van der Waals surface area contributed by atoms with Crippen molar-refractivity contribution < 1.29 is 13.2 Å². The molecular formula is C12H11F3N2. The number of rotatable bonds is 1. The summed E-state index contributed by atoms with van der Waals surface area (Å²) in [6.07, 6.45) is -2.68. The van der Waals surface area contributed by atoms with Gasteiger partial charge in [0.15, 0.2) is 0 Å². The van der Waals surface area contributed by atoms with Crippen LogP contribution in [0.4, 0.5) is 13.2 Å². The van der Waals surface area contributed by atoms with Gasteiger partial charge in [-0.3, -0.25) is 0 Å².